The van der Waals surface area contributed by atoms with Gasteiger partial charge in [0.25, 0.3) is 0 Å². The molecule has 4 aromatic rings. The number of aromatic nitrogens is 3. The molecule has 0 fully saturated rings. The lowest BCUT2D eigenvalue weighted by Crippen LogP contribution is -2.32. The van der Waals surface area contributed by atoms with Crippen molar-refractivity contribution in [3.8, 4) is 17.1 Å². The van der Waals surface area contributed by atoms with Crippen LogP contribution < -0.4 is 5.32 Å². The van der Waals surface area contributed by atoms with Crippen molar-refractivity contribution in [3.05, 3.63) is 66.5 Å². The van der Waals surface area contributed by atoms with Gasteiger partial charge in [0.15, 0.2) is 0 Å². The van der Waals surface area contributed by atoms with Gasteiger partial charge in [-0.25, -0.2) is 4.98 Å². The van der Waals surface area contributed by atoms with E-state index < -0.39 is 0 Å². The van der Waals surface area contributed by atoms with Gasteiger partial charge in [0.2, 0.25) is 5.91 Å². The molecule has 0 radical (unpaired) electrons. The molecular formula is C22H20N4O. The molecule has 5 rings (SSSR count). The van der Waals surface area contributed by atoms with E-state index in [4.69, 9.17) is 4.98 Å². The highest BCUT2D eigenvalue weighted by atomic mass is 16.1. The van der Waals surface area contributed by atoms with Gasteiger partial charge in [-0.1, -0.05) is 13.8 Å². The number of rotatable bonds is 2. The number of nitrogens with zero attached hydrogens (tertiary/aromatic N) is 2. The fourth-order valence-electron chi connectivity index (χ4n) is 3.85. The average molecular weight is 356 g/mol. The van der Waals surface area contributed by atoms with Crippen molar-refractivity contribution in [1.29, 1.82) is 0 Å². The Balaban J connectivity index is 1.56. The van der Waals surface area contributed by atoms with Gasteiger partial charge in [-0.2, -0.15) is 0 Å². The minimum atomic E-state index is -0.185. The van der Waals surface area contributed by atoms with Crippen molar-refractivity contribution in [3.63, 3.8) is 0 Å². The van der Waals surface area contributed by atoms with E-state index in [9.17, 15) is 4.79 Å². The number of carbonyl (C=O) groups is 1. The molecule has 1 amide bonds. The molecule has 0 unspecified atom stereocenters. The number of fused-ring (bicyclic) bond motifs is 2. The Labute approximate surface area is 157 Å². The molecule has 3 heterocycles. The molecule has 0 atom stereocenters. The lowest BCUT2D eigenvalue weighted by atomic mass is 9.78. The Kier molecular flexibility index (Phi) is 3.28. The molecule has 2 aromatic carbocycles. The van der Waals surface area contributed by atoms with Crippen LogP contribution in [0.15, 0.2) is 60.9 Å². The fraction of sp³-hybridized carbons (Fsp3) is 0.182. The molecule has 5 nitrogen and oxygen atoms in total. The van der Waals surface area contributed by atoms with Crippen LogP contribution in [0.3, 0.4) is 0 Å². The van der Waals surface area contributed by atoms with Crippen molar-refractivity contribution in [2.75, 3.05) is 5.32 Å². The zero-order valence-electron chi connectivity index (χ0n) is 15.3. The van der Waals surface area contributed by atoms with E-state index >= 15 is 0 Å². The Morgan fingerprint density at radius 3 is 2.56 bits per heavy atom. The zero-order valence-corrected chi connectivity index (χ0v) is 15.3. The standard InChI is InChI=1S/C22H20N4O/c1-22(2)13-20(27)23-17-12-19-18(11-16(17)22)24-21(25-19)14-5-7-15(8-6-14)26-9-3-4-10-26/h3-12H,13H2,1-2H3,(H,23,27)(H,24,25). The molecule has 0 saturated heterocycles. The van der Waals surface area contributed by atoms with Gasteiger partial charge < -0.3 is 14.9 Å². The van der Waals surface area contributed by atoms with E-state index in [0.717, 1.165) is 39.4 Å². The van der Waals surface area contributed by atoms with Crippen molar-refractivity contribution < 1.29 is 4.79 Å². The summed E-state index contributed by atoms with van der Waals surface area (Å²) in [7, 11) is 0. The predicted molar refractivity (Wildman–Crippen MR) is 107 cm³/mol. The molecule has 0 spiro atoms. The van der Waals surface area contributed by atoms with Crippen LogP contribution in [-0.4, -0.2) is 20.4 Å². The van der Waals surface area contributed by atoms with Gasteiger partial charge in [0.05, 0.1) is 11.0 Å². The smallest absolute Gasteiger partial charge is 0.225 e. The summed E-state index contributed by atoms with van der Waals surface area (Å²) in [6, 6.07) is 16.4. The summed E-state index contributed by atoms with van der Waals surface area (Å²) in [4.78, 5) is 20.2. The summed E-state index contributed by atoms with van der Waals surface area (Å²) in [5.74, 6) is 0.888. The number of nitrogens with one attached hydrogen (secondary N) is 2. The molecule has 2 N–H and O–H groups in total. The molecule has 0 aliphatic carbocycles. The first-order valence-electron chi connectivity index (χ1n) is 9.07. The van der Waals surface area contributed by atoms with Gasteiger partial charge in [-0.05, 0) is 54.1 Å². The van der Waals surface area contributed by atoms with E-state index in [2.05, 4.69) is 59.0 Å². The minimum absolute atomic E-state index is 0.0585. The molecule has 1 aliphatic heterocycles. The Bertz CT molecular complexity index is 1150. The first-order chi connectivity index (χ1) is 13.0. The first kappa shape index (κ1) is 15.9. The lowest BCUT2D eigenvalue weighted by molar-refractivity contribution is -0.117. The second-order valence-corrected chi connectivity index (χ2v) is 7.75. The van der Waals surface area contributed by atoms with E-state index in [1.54, 1.807) is 0 Å². The van der Waals surface area contributed by atoms with Crippen LogP contribution in [0, 0.1) is 0 Å². The molecule has 27 heavy (non-hydrogen) atoms. The van der Waals surface area contributed by atoms with E-state index in [0.29, 0.717) is 6.42 Å². The number of amides is 1. The maximum Gasteiger partial charge on any atom is 0.225 e. The van der Waals surface area contributed by atoms with E-state index in [-0.39, 0.29) is 11.3 Å². The van der Waals surface area contributed by atoms with Gasteiger partial charge >= 0.3 is 0 Å². The topological polar surface area (TPSA) is 62.7 Å². The summed E-state index contributed by atoms with van der Waals surface area (Å²) in [5, 5.41) is 2.98. The van der Waals surface area contributed by atoms with Crippen molar-refractivity contribution >= 4 is 22.6 Å². The number of hydrogen-bond acceptors (Lipinski definition) is 2. The molecular weight excluding hydrogens is 336 g/mol. The third kappa shape index (κ3) is 2.63. The van der Waals surface area contributed by atoms with Crippen LogP contribution in [-0.2, 0) is 10.2 Å². The molecule has 0 bridgehead atoms. The maximum absolute atomic E-state index is 12.0. The summed E-state index contributed by atoms with van der Waals surface area (Å²) < 4.78 is 2.07. The molecule has 134 valence electrons. The number of anilines is 1. The first-order valence-corrected chi connectivity index (χ1v) is 9.07. The third-order valence-corrected chi connectivity index (χ3v) is 5.27. The minimum Gasteiger partial charge on any atom is -0.338 e. The van der Waals surface area contributed by atoms with Crippen molar-refractivity contribution in [2.45, 2.75) is 25.7 Å². The van der Waals surface area contributed by atoms with Crippen LogP contribution in [0.5, 0.6) is 0 Å². The van der Waals surface area contributed by atoms with Crippen molar-refractivity contribution in [2.24, 2.45) is 0 Å². The van der Waals surface area contributed by atoms with Gasteiger partial charge in [0.1, 0.15) is 5.82 Å². The highest BCUT2D eigenvalue weighted by Gasteiger charge is 2.32. The number of hydrogen-bond donors (Lipinski definition) is 2. The molecule has 2 aromatic heterocycles. The second-order valence-electron chi connectivity index (χ2n) is 7.75. The van der Waals surface area contributed by atoms with Crippen LogP contribution in [0.25, 0.3) is 28.1 Å². The van der Waals surface area contributed by atoms with Crippen LogP contribution >= 0.6 is 0 Å². The quantitative estimate of drug-likeness (QED) is 0.549. The lowest BCUT2D eigenvalue weighted by Gasteiger charge is -2.31. The largest absolute Gasteiger partial charge is 0.338 e. The summed E-state index contributed by atoms with van der Waals surface area (Å²) in [6.45, 7) is 4.21. The monoisotopic (exact) mass is 356 g/mol. The maximum atomic E-state index is 12.0. The highest BCUT2D eigenvalue weighted by molar-refractivity contribution is 5.98. The van der Waals surface area contributed by atoms with Crippen LogP contribution in [0.4, 0.5) is 5.69 Å². The van der Waals surface area contributed by atoms with Crippen molar-refractivity contribution in [1.82, 2.24) is 14.5 Å². The number of H-pyrrole nitrogens is 1. The number of imidazole rings is 1. The Morgan fingerprint density at radius 1 is 1.07 bits per heavy atom. The third-order valence-electron chi connectivity index (χ3n) is 5.27. The highest BCUT2D eigenvalue weighted by Crippen LogP contribution is 2.39. The normalized spacial score (nSPS) is 15.6. The number of aromatic amines is 1. The molecule has 5 heteroatoms. The van der Waals surface area contributed by atoms with Crippen LogP contribution in [0.1, 0.15) is 25.8 Å². The van der Waals surface area contributed by atoms with Gasteiger partial charge in [-0.15, -0.1) is 0 Å². The Hall–Kier alpha value is -3.34. The Morgan fingerprint density at radius 2 is 1.81 bits per heavy atom. The van der Waals surface area contributed by atoms with Crippen LogP contribution in [0.2, 0.25) is 0 Å². The SMILES string of the molecule is CC1(C)CC(=O)Nc2cc3nc(-c4ccc(-n5cccc5)cc4)[nH]c3cc21. The van der Waals surface area contributed by atoms with Gasteiger partial charge in [-0.3, -0.25) is 4.79 Å². The second kappa shape index (κ2) is 5.58. The summed E-state index contributed by atoms with van der Waals surface area (Å²) in [5.41, 5.74) is 5.81. The average Bonchev–Trinajstić information content (AvgIpc) is 3.29. The molecule has 1 aliphatic rings. The molecule has 0 saturated carbocycles. The summed E-state index contributed by atoms with van der Waals surface area (Å²) >= 11 is 0. The van der Waals surface area contributed by atoms with E-state index in [1.165, 1.54) is 0 Å². The number of benzene rings is 2. The van der Waals surface area contributed by atoms with E-state index in [1.807, 2.05) is 30.6 Å². The van der Waals surface area contributed by atoms with Gasteiger partial charge in [0, 0.05) is 41.2 Å². The summed E-state index contributed by atoms with van der Waals surface area (Å²) in [6.07, 6.45) is 4.54. The zero-order chi connectivity index (χ0) is 18.6. The predicted octanol–water partition coefficient (Wildman–Crippen LogP) is 4.64. The fourth-order valence-corrected chi connectivity index (χ4v) is 3.85. The number of carbonyl (C=O) groups excluding carboxylic acids is 1.